The van der Waals surface area contributed by atoms with Gasteiger partial charge >= 0.3 is 5.63 Å². The lowest BCUT2D eigenvalue weighted by Crippen LogP contribution is -2.42. The molecule has 2 aromatic carbocycles. The van der Waals surface area contributed by atoms with Gasteiger partial charge in [-0.3, -0.25) is 9.59 Å². The van der Waals surface area contributed by atoms with Gasteiger partial charge in [0, 0.05) is 41.4 Å². The lowest BCUT2D eigenvalue weighted by atomic mass is 9.95. The van der Waals surface area contributed by atoms with Crippen LogP contribution in [0.1, 0.15) is 24.0 Å². The minimum Gasteiger partial charge on any atom is -0.464 e. The summed E-state index contributed by atoms with van der Waals surface area (Å²) in [5, 5.41) is 1.69. The fourth-order valence-corrected chi connectivity index (χ4v) is 4.63. The molecule has 7 heteroatoms. The molecule has 1 aliphatic heterocycles. The summed E-state index contributed by atoms with van der Waals surface area (Å²) in [6.45, 7) is 2.76. The zero-order valence-electron chi connectivity index (χ0n) is 18.3. The fourth-order valence-electron chi connectivity index (χ4n) is 4.63. The van der Waals surface area contributed by atoms with E-state index in [4.69, 9.17) is 14.6 Å². The van der Waals surface area contributed by atoms with Crippen molar-refractivity contribution in [3.05, 3.63) is 70.3 Å². The van der Waals surface area contributed by atoms with Crippen molar-refractivity contribution in [2.45, 2.75) is 26.2 Å². The second kappa shape index (κ2) is 8.24. The molecule has 2 amide bonds. The topological polar surface area (TPSA) is 107 Å². The van der Waals surface area contributed by atoms with E-state index >= 15 is 0 Å². The highest BCUT2D eigenvalue weighted by Crippen LogP contribution is 2.34. The molecular formula is C26H24N2O5. The van der Waals surface area contributed by atoms with Crippen LogP contribution in [0.25, 0.3) is 33.1 Å². The Balaban J connectivity index is 1.49. The lowest BCUT2D eigenvalue weighted by Gasteiger charge is -2.30. The van der Waals surface area contributed by atoms with Gasteiger partial charge in [0.05, 0.1) is 18.2 Å². The average molecular weight is 444 g/mol. The third-order valence-electron chi connectivity index (χ3n) is 6.64. The van der Waals surface area contributed by atoms with E-state index in [0.717, 1.165) is 27.5 Å². The molecule has 0 unspecified atom stereocenters. The molecule has 168 valence electrons. The molecule has 0 saturated carbocycles. The van der Waals surface area contributed by atoms with Crippen molar-refractivity contribution in [2.24, 2.45) is 11.7 Å². The molecule has 0 spiro atoms. The molecule has 4 aromatic rings. The standard InChI is InChI=1S/C26H24N2O5/c1-15-18-11-20-21(16-5-3-2-4-6-16)14-32-22(20)13-23(18)33-26(31)19(15)12-24(29)28-9-7-17(8-10-28)25(27)30/h2-6,11,13-14,17H,7-10,12H2,1H3,(H2,27,30). The largest absolute Gasteiger partial charge is 0.464 e. The van der Waals surface area contributed by atoms with Crippen LogP contribution < -0.4 is 11.4 Å². The van der Waals surface area contributed by atoms with Crippen LogP contribution in [0.2, 0.25) is 0 Å². The second-order valence-electron chi connectivity index (χ2n) is 8.59. The summed E-state index contributed by atoms with van der Waals surface area (Å²) in [7, 11) is 0. The molecule has 1 fully saturated rings. The Kier molecular flexibility index (Phi) is 5.24. The Bertz CT molecular complexity index is 1430. The Labute approximate surface area is 189 Å². The van der Waals surface area contributed by atoms with E-state index in [1.165, 1.54) is 0 Å². The first-order valence-corrected chi connectivity index (χ1v) is 11.0. The number of hydrogen-bond donors (Lipinski definition) is 1. The fraction of sp³-hybridized carbons (Fsp3) is 0.269. The van der Waals surface area contributed by atoms with Gasteiger partial charge in [0.15, 0.2) is 0 Å². The number of primary amides is 1. The van der Waals surface area contributed by atoms with Gasteiger partial charge in [-0.05, 0) is 37.0 Å². The first-order valence-electron chi connectivity index (χ1n) is 11.0. The van der Waals surface area contributed by atoms with Crippen molar-refractivity contribution in [1.29, 1.82) is 0 Å². The molecule has 1 saturated heterocycles. The molecule has 3 heterocycles. The van der Waals surface area contributed by atoms with Gasteiger partial charge in [-0.25, -0.2) is 4.79 Å². The number of benzene rings is 2. The van der Waals surface area contributed by atoms with E-state index < -0.39 is 5.63 Å². The van der Waals surface area contributed by atoms with E-state index in [-0.39, 0.29) is 24.2 Å². The minimum atomic E-state index is -0.519. The number of rotatable bonds is 4. The SMILES string of the molecule is Cc1c(CC(=O)N2CCC(C(N)=O)CC2)c(=O)oc2cc3occ(-c4ccccc4)c3cc12. The number of likely N-dealkylation sites (tertiary alicyclic amines) is 1. The smallest absolute Gasteiger partial charge is 0.340 e. The van der Waals surface area contributed by atoms with E-state index in [0.29, 0.717) is 42.7 Å². The molecule has 2 aromatic heterocycles. The monoisotopic (exact) mass is 444 g/mol. The third kappa shape index (κ3) is 3.80. The normalized spacial score (nSPS) is 14.8. The van der Waals surface area contributed by atoms with Crippen LogP contribution in [-0.4, -0.2) is 29.8 Å². The van der Waals surface area contributed by atoms with Crippen LogP contribution in [0.3, 0.4) is 0 Å². The minimum absolute atomic E-state index is 0.0414. The molecule has 0 atom stereocenters. The van der Waals surface area contributed by atoms with Crippen LogP contribution in [0.15, 0.2) is 62.4 Å². The zero-order valence-corrected chi connectivity index (χ0v) is 18.3. The van der Waals surface area contributed by atoms with Crippen molar-refractivity contribution < 1.29 is 18.4 Å². The number of aryl methyl sites for hydroxylation is 1. The van der Waals surface area contributed by atoms with E-state index in [2.05, 4.69) is 0 Å². The summed E-state index contributed by atoms with van der Waals surface area (Å²) in [6, 6.07) is 13.6. The number of carbonyl (C=O) groups is 2. The van der Waals surface area contributed by atoms with Gasteiger partial charge in [0.1, 0.15) is 11.2 Å². The van der Waals surface area contributed by atoms with Gasteiger partial charge in [0.2, 0.25) is 11.8 Å². The number of nitrogens with two attached hydrogens (primary N) is 1. The molecule has 33 heavy (non-hydrogen) atoms. The summed E-state index contributed by atoms with van der Waals surface area (Å²) in [4.78, 5) is 38.7. The number of amides is 2. The van der Waals surface area contributed by atoms with Crippen LogP contribution in [-0.2, 0) is 16.0 Å². The first kappa shape index (κ1) is 21.0. The molecular weight excluding hydrogens is 420 g/mol. The first-order chi connectivity index (χ1) is 15.9. The summed E-state index contributed by atoms with van der Waals surface area (Å²) in [5.41, 5.74) is 8.98. The Morgan fingerprint density at radius 1 is 1.06 bits per heavy atom. The number of carbonyl (C=O) groups excluding carboxylic acids is 2. The molecule has 7 nitrogen and oxygen atoms in total. The zero-order chi connectivity index (χ0) is 23.1. The maximum atomic E-state index is 12.9. The number of fused-ring (bicyclic) bond motifs is 2. The molecule has 0 aliphatic carbocycles. The molecule has 2 N–H and O–H groups in total. The Morgan fingerprint density at radius 2 is 1.79 bits per heavy atom. The summed E-state index contributed by atoms with van der Waals surface area (Å²) in [6.07, 6.45) is 2.76. The van der Waals surface area contributed by atoms with Gasteiger partial charge in [-0.2, -0.15) is 0 Å². The molecule has 0 bridgehead atoms. The Hall–Kier alpha value is -3.87. The van der Waals surface area contributed by atoms with Crippen molar-refractivity contribution in [1.82, 2.24) is 4.90 Å². The molecule has 0 radical (unpaired) electrons. The van der Waals surface area contributed by atoms with Crippen molar-refractivity contribution in [3.8, 4) is 11.1 Å². The summed E-state index contributed by atoms with van der Waals surface area (Å²) < 4.78 is 11.3. The Morgan fingerprint density at radius 3 is 2.48 bits per heavy atom. The lowest BCUT2D eigenvalue weighted by molar-refractivity contribution is -0.134. The number of nitrogens with zero attached hydrogens (tertiary/aromatic N) is 1. The maximum absolute atomic E-state index is 12.9. The molecule has 5 rings (SSSR count). The number of hydrogen-bond acceptors (Lipinski definition) is 5. The summed E-state index contributed by atoms with van der Waals surface area (Å²) in [5.74, 6) is -0.673. The highest BCUT2D eigenvalue weighted by atomic mass is 16.4. The van der Waals surface area contributed by atoms with Crippen LogP contribution in [0, 0.1) is 12.8 Å². The van der Waals surface area contributed by atoms with E-state index in [1.54, 1.807) is 17.2 Å². The van der Waals surface area contributed by atoms with Crippen LogP contribution in [0.5, 0.6) is 0 Å². The molecule has 1 aliphatic rings. The quantitative estimate of drug-likeness (QED) is 0.482. The van der Waals surface area contributed by atoms with Crippen molar-refractivity contribution >= 4 is 33.8 Å². The van der Waals surface area contributed by atoms with Crippen LogP contribution >= 0.6 is 0 Å². The van der Waals surface area contributed by atoms with Crippen molar-refractivity contribution in [3.63, 3.8) is 0 Å². The maximum Gasteiger partial charge on any atom is 0.340 e. The van der Waals surface area contributed by atoms with Crippen LogP contribution in [0.4, 0.5) is 0 Å². The highest BCUT2D eigenvalue weighted by molar-refractivity contribution is 6.02. The second-order valence-corrected chi connectivity index (χ2v) is 8.59. The third-order valence-corrected chi connectivity index (χ3v) is 6.64. The van der Waals surface area contributed by atoms with Gasteiger partial charge < -0.3 is 19.5 Å². The van der Waals surface area contributed by atoms with Gasteiger partial charge in [0.25, 0.3) is 0 Å². The average Bonchev–Trinajstić information content (AvgIpc) is 3.24. The number of piperidine rings is 1. The number of furan rings is 1. The predicted octanol–water partition coefficient (Wildman–Crippen LogP) is 3.78. The van der Waals surface area contributed by atoms with E-state index in [1.807, 2.05) is 43.3 Å². The van der Waals surface area contributed by atoms with Gasteiger partial charge in [-0.1, -0.05) is 30.3 Å². The highest BCUT2D eigenvalue weighted by Gasteiger charge is 2.27. The predicted molar refractivity (Wildman–Crippen MR) is 125 cm³/mol. The summed E-state index contributed by atoms with van der Waals surface area (Å²) >= 11 is 0. The van der Waals surface area contributed by atoms with Gasteiger partial charge in [-0.15, -0.1) is 0 Å². The van der Waals surface area contributed by atoms with E-state index in [9.17, 15) is 14.4 Å². The van der Waals surface area contributed by atoms with Crippen molar-refractivity contribution in [2.75, 3.05) is 13.1 Å².